The van der Waals surface area contributed by atoms with Crippen LogP contribution in [0.2, 0.25) is 0 Å². The van der Waals surface area contributed by atoms with E-state index in [1.54, 1.807) is 0 Å². The number of aromatic nitrogens is 1. The lowest BCUT2D eigenvalue weighted by atomic mass is 9.69. The van der Waals surface area contributed by atoms with Gasteiger partial charge in [-0.3, -0.25) is 0 Å². The number of pyridine rings is 1. The number of amides is 1. The molecule has 0 aliphatic carbocycles. The van der Waals surface area contributed by atoms with Gasteiger partial charge in [-0.2, -0.15) is 0 Å². The van der Waals surface area contributed by atoms with Crippen molar-refractivity contribution in [2.75, 3.05) is 31.6 Å². The minimum Gasteiger partial charge on any atom is -0.444 e. The van der Waals surface area contributed by atoms with Crippen LogP contribution in [0.25, 0.3) is 0 Å². The van der Waals surface area contributed by atoms with Crippen LogP contribution in [0.3, 0.4) is 0 Å². The lowest BCUT2D eigenvalue weighted by molar-refractivity contribution is 0.0157. The quantitative estimate of drug-likeness (QED) is 0.737. The molecule has 0 radical (unpaired) electrons. The number of ether oxygens (including phenoxy) is 1. The van der Waals surface area contributed by atoms with Gasteiger partial charge in [-0.1, -0.05) is 6.07 Å². The third-order valence-corrected chi connectivity index (χ3v) is 5.02. The Morgan fingerprint density at radius 2 is 1.87 bits per heavy atom. The number of anilines is 1. The van der Waals surface area contributed by atoms with Crippen molar-refractivity contribution in [1.29, 1.82) is 0 Å². The van der Waals surface area contributed by atoms with Gasteiger partial charge in [0.15, 0.2) is 0 Å². The maximum absolute atomic E-state index is 12.3. The van der Waals surface area contributed by atoms with Crippen molar-refractivity contribution in [2.24, 2.45) is 0 Å². The molecule has 0 bridgehead atoms. The zero-order chi connectivity index (χ0) is 16.7. The van der Waals surface area contributed by atoms with Crippen LogP contribution in [-0.2, 0) is 10.2 Å². The van der Waals surface area contributed by atoms with Gasteiger partial charge in [0.25, 0.3) is 0 Å². The highest BCUT2D eigenvalue weighted by Crippen LogP contribution is 2.45. The fourth-order valence-corrected chi connectivity index (χ4v) is 3.70. The second-order valence-electron chi connectivity index (χ2n) is 7.79. The summed E-state index contributed by atoms with van der Waals surface area (Å²) in [5.74, 6) is 1.10. The molecule has 3 heterocycles. The zero-order valence-corrected chi connectivity index (χ0v) is 14.6. The normalized spacial score (nSPS) is 20.3. The number of piperidine rings is 1. The van der Waals surface area contributed by atoms with E-state index in [1.807, 2.05) is 37.9 Å². The van der Waals surface area contributed by atoms with Gasteiger partial charge in [0.05, 0.1) is 0 Å². The summed E-state index contributed by atoms with van der Waals surface area (Å²) in [5.41, 5.74) is 1.07. The van der Waals surface area contributed by atoms with Crippen LogP contribution < -0.4 is 4.90 Å². The number of hydrogen-bond donors (Lipinski definition) is 0. The molecule has 0 N–H and O–H groups in total. The predicted molar refractivity (Wildman–Crippen MR) is 90.8 cm³/mol. The molecule has 0 unspecified atom stereocenters. The van der Waals surface area contributed by atoms with Crippen molar-refractivity contribution in [1.82, 2.24) is 9.88 Å². The fraction of sp³-hybridized carbons (Fsp3) is 0.667. The van der Waals surface area contributed by atoms with Crippen LogP contribution in [0.4, 0.5) is 10.6 Å². The third kappa shape index (κ3) is 3.14. The lowest BCUT2D eigenvalue weighted by Gasteiger charge is -2.47. The highest BCUT2D eigenvalue weighted by atomic mass is 16.6. The first-order chi connectivity index (χ1) is 10.8. The highest BCUT2D eigenvalue weighted by molar-refractivity contribution is 5.68. The van der Waals surface area contributed by atoms with Gasteiger partial charge in [0.1, 0.15) is 11.4 Å². The molecule has 1 aromatic heterocycles. The van der Waals surface area contributed by atoms with Crippen LogP contribution in [0, 0.1) is 0 Å². The van der Waals surface area contributed by atoms with Gasteiger partial charge in [0, 0.05) is 43.9 Å². The molecule has 2 aliphatic rings. The standard InChI is InChI=1S/C18H27N3O2/c1-17(2,3)23-16(22)21-12-8-18(9-13-21)7-11-20(4)15-14(18)6-5-10-19-15/h5-6,10H,7-9,11-13H2,1-4H3. The molecular formula is C18H27N3O2. The molecule has 0 atom stereocenters. The van der Waals surface area contributed by atoms with Crippen LogP contribution >= 0.6 is 0 Å². The summed E-state index contributed by atoms with van der Waals surface area (Å²) in [4.78, 5) is 20.9. The molecule has 3 rings (SSSR count). The number of rotatable bonds is 0. The van der Waals surface area contributed by atoms with Crippen LogP contribution in [0.5, 0.6) is 0 Å². The number of carbonyl (C=O) groups is 1. The second kappa shape index (κ2) is 5.69. The summed E-state index contributed by atoms with van der Waals surface area (Å²) in [6.45, 7) is 8.27. The fourth-order valence-electron chi connectivity index (χ4n) is 3.70. The summed E-state index contributed by atoms with van der Waals surface area (Å²) in [7, 11) is 2.11. The van der Waals surface area contributed by atoms with E-state index in [1.165, 1.54) is 5.56 Å². The van der Waals surface area contributed by atoms with Gasteiger partial charge < -0.3 is 14.5 Å². The molecule has 1 spiro atoms. The Hall–Kier alpha value is -1.78. The number of nitrogens with zero attached hydrogens (tertiary/aromatic N) is 3. The molecular weight excluding hydrogens is 290 g/mol. The summed E-state index contributed by atoms with van der Waals surface area (Å²) >= 11 is 0. The van der Waals surface area contributed by atoms with E-state index in [9.17, 15) is 4.79 Å². The average Bonchev–Trinajstić information content (AvgIpc) is 2.51. The minimum absolute atomic E-state index is 0.161. The van der Waals surface area contributed by atoms with E-state index in [0.717, 1.165) is 44.7 Å². The minimum atomic E-state index is -0.434. The van der Waals surface area contributed by atoms with Crippen molar-refractivity contribution in [3.05, 3.63) is 23.9 Å². The molecule has 0 aromatic carbocycles. The first-order valence-electron chi connectivity index (χ1n) is 8.45. The number of carbonyl (C=O) groups excluding carboxylic acids is 1. The highest BCUT2D eigenvalue weighted by Gasteiger charge is 2.42. The van der Waals surface area contributed by atoms with Gasteiger partial charge in [-0.25, -0.2) is 9.78 Å². The molecule has 5 nitrogen and oxygen atoms in total. The molecule has 126 valence electrons. The van der Waals surface area contributed by atoms with Crippen molar-refractivity contribution in [3.63, 3.8) is 0 Å². The second-order valence-corrected chi connectivity index (χ2v) is 7.79. The molecule has 0 saturated carbocycles. The van der Waals surface area contributed by atoms with Crippen molar-refractivity contribution in [3.8, 4) is 0 Å². The summed E-state index contributed by atoms with van der Waals surface area (Å²) in [6, 6.07) is 4.24. The van der Waals surface area contributed by atoms with E-state index in [2.05, 4.69) is 23.0 Å². The zero-order valence-electron chi connectivity index (χ0n) is 14.6. The predicted octanol–water partition coefficient (Wildman–Crippen LogP) is 3.19. The molecule has 1 fully saturated rings. The lowest BCUT2D eigenvalue weighted by Crippen LogP contribution is -2.49. The molecule has 1 aromatic rings. The van der Waals surface area contributed by atoms with Crippen LogP contribution in [0.1, 0.15) is 45.6 Å². The third-order valence-electron chi connectivity index (χ3n) is 5.02. The average molecular weight is 317 g/mol. The van der Waals surface area contributed by atoms with Crippen molar-refractivity contribution < 1.29 is 9.53 Å². The SMILES string of the molecule is CN1CCC2(CCN(C(=O)OC(C)(C)C)CC2)c2cccnc21. The Balaban J connectivity index is 1.74. The first kappa shape index (κ1) is 16.1. The maximum atomic E-state index is 12.3. The number of likely N-dealkylation sites (tertiary alicyclic amines) is 1. The smallest absolute Gasteiger partial charge is 0.410 e. The van der Waals surface area contributed by atoms with E-state index in [-0.39, 0.29) is 11.5 Å². The summed E-state index contributed by atoms with van der Waals surface area (Å²) in [5, 5.41) is 0. The summed E-state index contributed by atoms with van der Waals surface area (Å²) in [6.07, 6.45) is 4.78. The van der Waals surface area contributed by atoms with Gasteiger partial charge in [-0.15, -0.1) is 0 Å². The number of fused-ring (bicyclic) bond motifs is 2. The number of hydrogen-bond acceptors (Lipinski definition) is 4. The Morgan fingerprint density at radius 1 is 1.22 bits per heavy atom. The van der Waals surface area contributed by atoms with Crippen LogP contribution in [0.15, 0.2) is 18.3 Å². The van der Waals surface area contributed by atoms with E-state index in [4.69, 9.17) is 4.74 Å². The molecule has 1 amide bonds. The molecule has 1 saturated heterocycles. The monoisotopic (exact) mass is 317 g/mol. The van der Waals surface area contributed by atoms with Gasteiger partial charge in [0.2, 0.25) is 0 Å². The van der Waals surface area contributed by atoms with Crippen molar-refractivity contribution >= 4 is 11.9 Å². The maximum Gasteiger partial charge on any atom is 0.410 e. The molecule has 2 aliphatic heterocycles. The Kier molecular flexibility index (Phi) is 3.98. The Morgan fingerprint density at radius 3 is 2.52 bits per heavy atom. The van der Waals surface area contributed by atoms with E-state index < -0.39 is 5.60 Å². The molecule has 23 heavy (non-hydrogen) atoms. The van der Waals surface area contributed by atoms with E-state index in [0.29, 0.717) is 0 Å². The van der Waals surface area contributed by atoms with E-state index >= 15 is 0 Å². The Bertz CT molecular complexity index is 586. The van der Waals surface area contributed by atoms with Crippen molar-refractivity contribution in [2.45, 2.75) is 51.0 Å². The van der Waals surface area contributed by atoms with Crippen LogP contribution in [-0.4, -0.2) is 48.3 Å². The summed E-state index contributed by atoms with van der Waals surface area (Å²) < 4.78 is 5.51. The van der Waals surface area contributed by atoms with Gasteiger partial charge >= 0.3 is 6.09 Å². The first-order valence-corrected chi connectivity index (χ1v) is 8.45. The topological polar surface area (TPSA) is 45.7 Å². The largest absolute Gasteiger partial charge is 0.444 e. The van der Waals surface area contributed by atoms with Gasteiger partial charge in [-0.05, 0) is 46.1 Å². The Labute approximate surface area is 138 Å². The molecule has 5 heteroatoms.